The lowest BCUT2D eigenvalue weighted by Crippen LogP contribution is -2.52. The number of piperazine rings is 1. The van der Waals surface area contributed by atoms with Crippen LogP contribution in [0.15, 0.2) is 66.9 Å². The molecular weight excluding hydrogens is 460 g/mol. The van der Waals surface area contributed by atoms with E-state index in [1.165, 1.54) is 0 Å². The molecule has 0 saturated carbocycles. The summed E-state index contributed by atoms with van der Waals surface area (Å²) in [5.41, 5.74) is 1.73. The van der Waals surface area contributed by atoms with Crippen molar-refractivity contribution in [2.75, 3.05) is 31.1 Å². The van der Waals surface area contributed by atoms with Gasteiger partial charge in [0, 0.05) is 37.9 Å². The molecule has 1 saturated heterocycles. The average molecular weight is 491 g/mol. The highest BCUT2D eigenvalue weighted by molar-refractivity contribution is 6.33. The summed E-state index contributed by atoms with van der Waals surface area (Å²) >= 11 is 6.59. The van der Waals surface area contributed by atoms with Gasteiger partial charge in [0.2, 0.25) is 0 Å². The van der Waals surface area contributed by atoms with E-state index in [4.69, 9.17) is 11.6 Å². The van der Waals surface area contributed by atoms with Gasteiger partial charge in [0.15, 0.2) is 0 Å². The Morgan fingerprint density at radius 2 is 1.80 bits per heavy atom. The van der Waals surface area contributed by atoms with Crippen LogP contribution in [0.4, 0.5) is 5.69 Å². The Bertz CT molecular complexity index is 1200. The smallest absolute Gasteiger partial charge is 0.101 e. The summed E-state index contributed by atoms with van der Waals surface area (Å²) in [6.07, 6.45) is 1.65. The number of nitriles is 1. The van der Waals surface area contributed by atoms with E-state index in [-0.39, 0.29) is 6.04 Å². The molecule has 2 atom stereocenters. The summed E-state index contributed by atoms with van der Waals surface area (Å²) < 4.78 is 0. The Morgan fingerprint density at radius 1 is 1.06 bits per heavy atom. The predicted molar refractivity (Wildman–Crippen MR) is 138 cm³/mol. The lowest BCUT2D eigenvalue weighted by Gasteiger charge is -2.45. The van der Waals surface area contributed by atoms with Gasteiger partial charge in [-0.25, -0.2) is 0 Å². The first-order valence-electron chi connectivity index (χ1n) is 11.7. The highest BCUT2D eigenvalue weighted by Crippen LogP contribution is 2.36. The minimum Gasteiger partial charge on any atom is -0.384 e. The minimum atomic E-state index is -1.11. The van der Waals surface area contributed by atoms with Crippen LogP contribution in [0.2, 0.25) is 5.02 Å². The van der Waals surface area contributed by atoms with Crippen LogP contribution in [0, 0.1) is 11.3 Å². The van der Waals surface area contributed by atoms with Crippen molar-refractivity contribution in [2.24, 2.45) is 0 Å². The minimum absolute atomic E-state index is 0.0295. The number of halogens is 1. The SMILES string of the molecule is CC(C)(O)c1ccc([C@](C)(O)CN2CCN(c3ccc(C#N)cc3Cl)[C@H](c3ccccc3)C2)cn1. The molecule has 2 heterocycles. The second-order valence-corrected chi connectivity index (χ2v) is 10.3. The first-order valence-corrected chi connectivity index (χ1v) is 12.1. The molecule has 0 unspecified atom stereocenters. The van der Waals surface area contributed by atoms with Gasteiger partial charge in [-0.2, -0.15) is 5.26 Å². The van der Waals surface area contributed by atoms with Gasteiger partial charge in [0.25, 0.3) is 0 Å². The quantitative estimate of drug-likeness (QED) is 0.525. The molecule has 0 radical (unpaired) electrons. The van der Waals surface area contributed by atoms with Gasteiger partial charge in [-0.05, 0) is 50.6 Å². The Labute approximate surface area is 212 Å². The van der Waals surface area contributed by atoms with Crippen LogP contribution in [0.25, 0.3) is 0 Å². The van der Waals surface area contributed by atoms with E-state index in [0.717, 1.165) is 24.3 Å². The van der Waals surface area contributed by atoms with Gasteiger partial charge in [-0.15, -0.1) is 0 Å². The van der Waals surface area contributed by atoms with Crippen LogP contribution in [0.5, 0.6) is 0 Å². The fourth-order valence-electron chi connectivity index (χ4n) is 4.64. The van der Waals surface area contributed by atoms with E-state index in [2.05, 4.69) is 33.0 Å². The molecule has 3 aromatic rings. The van der Waals surface area contributed by atoms with E-state index < -0.39 is 11.2 Å². The highest BCUT2D eigenvalue weighted by atomic mass is 35.5. The molecule has 6 nitrogen and oxygen atoms in total. The van der Waals surface area contributed by atoms with Crippen LogP contribution in [0.1, 0.15) is 49.2 Å². The Kier molecular flexibility index (Phi) is 7.16. The van der Waals surface area contributed by atoms with E-state index in [1.807, 2.05) is 30.3 Å². The van der Waals surface area contributed by atoms with Crippen molar-refractivity contribution in [2.45, 2.75) is 38.0 Å². The molecule has 7 heteroatoms. The van der Waals surface area contributed by atoms with Crippen molar-refractivity contribution in [3.05, 3.63) is 94.3 Å². The van der Waals surface area contributed by atoms with Crippen LogP contribution in [0.3, 0.4) is 0 Å². The predicted octanol–water partition coefficient (Wildman–Crippen LogP) is 4.61. The first kappa shape index (κ1) is 25.2. The Morgan fingerprint density at radius 3 is 2.40 bits per heavy atom. The fourth-order valence-corrected chi connectivity index (χ4v) is 4.93. The number of β-amino-alcohol motifs (C(OH)–C–C–N with tert-alkyl or cyclic N) is 1. The van der Waals surface area contributed by atoms with Crippen LogP contribution in [-0.4, -0.2) is 46.3 Å². The number of hydrogen-bond donors (Lipinski definition) is 2. The Hall–Kier alpha value is -2.95. The number of hydrogen-bond acceptors (Lipinski definition) is 6. The van der Waals surface area contributed by atoms with Gasteiger partial charge in [-0.1, -0.05) is 48.0 Å². The molecule has 0 bridgehead atoms. The zero-order valence-electron chi connectivity index (χ0n) is 20.3. The number of anilines is 1. The summed E-state index contributed by atoms with van der Waals surface area (Å²) in [5, 5.41) is 31.3. The molecular formula is C28H31ClN4O2. The molecule has 0 spiro atoms. The van der Waals surface area contributed by atoms with Gasteiger partial charge < -0.3 is 15.1 Å². The second-order valence-electron chi connectivity index (χ2n) is 9.90. The van der Waals surface area contributed by atoms with Gasteiger partial charge in [-0.3, -0.25) is 9.88 Å². The molecule has 1 fully saturated rings. The third-order valence-electron chi connectivity index (χ3n) is 6.58. The molecule has 1 aliphatic rings. The normalized spacial score (nSPS) is 18.7. The Balaban J connectivity index is 1.57. The summed E-state index contributed by atoms with van der Waals surface area (Å²) in [6.45, 7) is 7.78. The number of pyridine rings is 1. The van der Waals surface area contributed by atoms with Gasteiger partial charge >= 0.3 is 0 Å². The molecule has 2 N–H and O–H groups in total. The maximum absolute atomic E-state index is 11.4. The zero-order valence-corrected chi connectivity index (χ0v) is 21.1. The van der Waals surface area contributed by atoms with E-state index in [1.54, 1.807) is 45.2 Å². The van der Waals surface area contributed by atoms with E-state index in [0.29, 0.717) is 34.9 Å². The van der Waals surface area contributed by atoms with Crippen molar-refractivity contribution >= 4 is 17.3 Å². The number of nitrogens with zero attached hydrogens (tertiary/aromatic N) is 4. The van der Waals surface area contributed by atoms with E-state index >= 15 is 0 Å². The number of aliphatic hydroxyl groups is 2. The lowest BCUT2D eigenvalue weighted by molar-refractivity contribution is 0.00970. The molecule has 2 aromatic carbocycles. The average Bonchev–Trinajstić information content (AvgIpc) is 2.84. The standard InChI is InChI=1S/C28H31ClN4O2/c1-27(2,34)26-12-10-22(17-31-26)28(3,35)19-32-13-14-33(24-11-9-20(16-30)15-23(24)29)25(18-32)21-7-5-4-6-8-21/h4-12,15,17,25,34-35H,13-14,18-19H2,1-3H3/t25-,28+/m0/s1. The van der Waals surface area contributed by atoms with Crippen LogP contribution >= 0.6 is 11.6 Å². The number of aromatic nitrogens is 1. The number of rotatable bonds is 6. The van der Waals surface area contributed by atoms with Crippen LogP contribution in [-0.2, 0) is 11.2 Å². The van der Waals surface area contributed by atoms with E-state index in [9.17, 15) is 15.5 Å². The molecule has 182 valence electrons. The molecule has 0 aliphatic carbocycles. The van der Waals surface area contributed by atoms with Crippen molar-refractivity contribution in [1.82, 2.24) is 9.88 Å². The summed E-state index contributed by atoms with van der Waals surface area (Å²) in [4.78, 5) is 8.91. The molecule has 0 amide bonds. The summed E-state index contributed by atoms with van der Waals surface area (Å²) in [6, 6.07) is 21.5. The summed E-state index contributed by atoms with van der Waals surface area (Å²) in [7, 11) is 0. The third-order valence-corrected chi connectivity index (χ3v) is 6.88. The molecule has 1 aromatic heterocycles. The van der Waals surface area contributed by atoms with Crippen molar-refractivity contribution < 1.29 is 10.2 Å². The zero-order chi connectivity index (χ0) is 25.2. The van der Waals surface area contributed by atoms with Crippen molar-refractivity contribution in [3.63, 3.8) is 0 Å². The molecule has 35 heavy (non-hydrogen) atoms. The summed E-state index contributed by atoms with van der Waals surface area (Å²) in [5.74, 6) is 0. The maximum atomic E-state index is 11.4. The van der Waals surface area contributed by atoms with Crippen molar-refractivity contribution in [1.29, 1.82) is 5.26 Å². The second kappa shape index (κ2) is 9.96. The lowest BCUT2D eigenvalue weighted by atomic mass is 9.94. The fraction of sp³-hybridized carbons (Fsp3) is 0.357. The molecule has 1 aliphatic heterocycles. The highest BCUT2D eigenvalue weighted by Gasteiger charge is 2.34. The topological polar surface area (TPSA) is 83.6 Å². The molecule has 4 rings (SSSR count). The largest absolute Gasteiger partial charge is 0.384 e. The van der Waals surface area contributed by atoms with Gasteiger partial charge in [0.05, 0.1) is 34.1 Å². The maximum Gasteiger partial charge on any atom is 0.101 e. The van der Waals surface area contributed by atoms with Crippen LogP contribution < -0.4 is 4.90 Å². The third kappa shape index (κ3) is 5.66. The van der Waals surface area contributed by atoms with Crippen molar-refractivity contribution in [3.8, 4) is 6.07 Å². The van der Waals surface area contributed by atoms with Gasteiger partial charge in [0.1, 0.15) is 11.2 Å². The monoisotopic (exact) mass is 490 g/mol. The number of benzene rings is 2. The first-order chi connectivity index (χ1) is 16.6.